The quantitative estimate of drug-likeness (QED) is 0.266. The second-order valence-corrected chi connectivity index (χ2v) is 11.9. The Labute approximate surface area is 233 Å². The van der Waals surface area contributed by atoms with E-state index in [2.05, 4.69) is 9.97 Å². The van der Waals surface area contributed by atoms with E-state index in [0.717, 1.165) is 5.56 Å². The van der Waals surface area contributed by atoms with E-state index < -0.39 is 38.2 Å². The van der Waals surface area contributed by atoms with E-state index in [1.165, 1.54) is 42.1 Å². The zero-order chi connectivity index (χ0) is 29.0. The van der Waals surface area contributed by atoms with E-state index >= 15 is 0 Å². The number of rotatable bonds is 10. The summed E-state index contributed by atoms with van der Waals surface area (Å²) in [6, 6.07) is 15.8. The highest BCUT2D eigenvalue weighted by atomic mass is 32.2. The van der Waals surface area contributed by atoms with Crippen LogP contribution in [0.2, 0.25) is 0 Å². The van der Waals surface area contributed by atoms with Crippen LogP contribution in [-0.2, 0) is 21.0 Å². The Morgan fingerprint density at radius 1 is 1.05 bits per heavy atom. The number of sulfone groups is 1. The Hall–Kier alpha value is -3.89. The summed E-state index contributed by atoms with van der Waals surface area (Å²) in [5.41, 5.74) is 1.31. The van der Waals surface area contributed by atoms with Crippen LogP contribution in [-0.4, -0.2) is 41.8 Å². The Morgan fingerprint density at radius 2 is 1.73 bits per heavy atom. The molecule has 0 aliphatic rings. The molecule has 0 bridgehead atoms. The van der Waals surface area contributed by atoms with E-state index in [0.29, 0.717) is 29.5 Å². The van der Waals surface area contributed by atoms with Crippen molar-refractivity contribution in [3.63, 3.8) is 0 Å². The number of aromatic hydroxyl groups is 1. The van der Waals surface area contributed by atoms with Gasteiger partial charge in [-0.25, -0.2) is 13.4 Å². The minimum atomic E-state index is -4.49. The number of halogens is 1. The van der Waals surface area contributed by atoms with Crippen molar-refractivity contribution in [3.8, 4) is 17.0 Å². The zero-order valence-corrected chi connectivity index (χ0v) is 23.7. The summed E-state index contributed by atoms with van der Waals surface area (Å²) >= 11 is 0. The fraction of sp³-hybridized carbons (Fsp3) is 0.300. The molecule has 1 N–H and O–H groups in total. The molecule has 1 unspecified atom stereocenters. The monoisotopic (exact) mass is 565 g/mol. The number of pyridine rings is 1. The molecule has 2 heterocycles. The highest BCUT2D eigenvalue weighted by Gasteiger charge is 2.32. The molecule has 40 heavy (non-hydrogen) atoms. The van der Waals surface area contributed by atoms with Crippen LogP contribution >= 0.6 is 0 Å². The Kier molecular flexibility index (Phi) is 8.80. The molecule has 0 fully saturated rings. The predicted molar refractivity (Wildman–Crippen MR) is 150 cm³/mol. The maximum Gasteiger partial charge on any atom is 0.277 e. The van der Waals surface area contributed by atoms with E-state index in [-0.39, 0.29) is 23.2 Å². The van der Waals surface area contributed by atoms with E-state index in [1.807, 2.05) is 44.2 Å². The first-order valence-corrected chi connectivity index (χ1v) is 14.4. The molecule has 0 radical (unpaired) electrons. The lowest BCUT2D eigenvalue weighted by atomic mass is 10.0. The molecule has 0 saturated heterocycles. The number of ether oxygens (including phenoxy) is 1. The molecule has 0 spiro atoms. The molecule has 2 aromatic carbocycles. The molecular weight excluding hydrogens is 533 g/mol. The largest absolute Gasteiger partial charge is 0.492 e. The maximum absolute atomic E-state index is 14.0. The second kappa shape index (κ2) is 12.1. The number of methoxy groups -OCH3 is 1. The van der Waals surface area contributed by atoms with Crippen molar-refractivity contribution in [2.45, 2.75) is 49.4 Å². The summed E-state index contributed by atoms with van der Waals surface area (Å²) in [6.07, 6.45) is 2.35. The highest BCUT2D eigenvalue weighted by molar-refractivity contribution is 7.91. The van der Waals surface area contributed by atoms with Crippen LogP contribution in [0.5, 0.6) is 5.88 Å². The summed E-state index contributed by atoms with van der Waals surface area (Å²) in [5, 5.41) is 10.9. The number of hydrogen-bond donors (Lipinski definition) is 1. The predicted octanol–water partition coefficient (Wildman–Crippen LogP) is 5.12. The first-order valence-electron chi connectivity index (χ1n) is 12.9. The van der Waals surface area contributed by atoms with Gasteiger partial charge in [-0.3, -0.25) is 9.36 Å². The molecule has 1 atom stereocenters. The van der Waals surface area contributed by atoms with Gasteiger partial charge in [0.2, 0.25) is 21.7 Å². The lowest BCUT2D eigenvalue weighted by molar-refractivity contribution is 0.165. The molecule has 4 rings (SSSR count). The molecule has 0 saturated carbocycles. The van der Waals surface area contributed by atoms with Crippen molar-refractivity contribution >= 4 is 9.84 Å². The average molecular weight is 566 g/mol. The zero-order valence-electron chi connectivity index (χ0n) is 22.8. The molecule has 4 aromatic rings. The van der Waals surface area contributed by atoms with Crippen LogP contribution in [0.3, 0.4) is 0 Å². The van der Waals surface area contributed by atoms with Crippen molar-refractivity contribution < 1.29 is 22.7 Å². The third kappa shape index (κ3) is 5.83. The first kappa shape index (κ1) is 29.1. The Morgan fingerprint density at radius 3 is 2.35 bits per heavy atom. The molecule has 2 aromatic heterocycles. The normalized spacial score (nSPS) is 12.6. The van der Waals surface area contributed by atoms with Gasteiger partial charge in [0.15, 0.2) is 4.90 Å². The SMILES string of the molecule is COCC(c1ccccc1)n1c(CCC(C)C)nc(O)c(S(=O)(=O)c2ccc(-c3ccnc(F)c3C)cc2)c1=O. The van der Waals surface area contributed by atoms with Gasteiger partial charge in [-0.1, -0.05) is 56.3 Å². The number of benzene rings is 2. The van der Waals surface area contributed by atoms with E-state index in [1.54, 1.807) is 13.0 Å². The minimum absolute atomic E-state index is 0.0844. The molecule has 0 amide bonds. The number of nitrogens with zero attached hydrogens (tertiary/aromatic N) is 3. The lowest BCUT2D eigenvalue weighted by Crippen LogP contribution is -2.35. The fourth-order valence-corrected chi connectivity index (χ4v) is 5.95. The van der Waals surface area contributed by atoms with Crippen molar-refractivity contribution in [2.24, 2.45) is 5.92 Å². The molecular formula is C30H32FN3O5S. The Bertz CT molecular complexity index is 1650. The van der Waals surface area contributed by atoms with Gasteiger partial charge < -0.3 is 9.84 Å². The minimum Gasteiger partial charge on any atom is -0.492 e. The fourth-order valence-electron chi connectivity index (χ4n) is 4.61. The number of aryl methyl sites for hydroxylation is 1. The second-order valence-electron chi connectivity index (χ2n) is 9.97. The summed E-state index contributed by atoms with van der Waals surface area (Å²) < 4.78 is 48.3. The van der Waals surface area contributed by atoms with Gasteiger partial charge in [-0.2, -0.15) is 9.37 Å². The van der Waals surface area contributed by atoms with Crippen LogP contribution in [0, 0.1) is 18.8 Å². The van der Waals surface area contributed by atoms with Crippen molar-refractivity contribution in [3.05, 3.63) is 100 Å². The summed E-state index contributed by atoms with van der Waals surface area (Å²) in [7, 11) is -2.99. The van der Waals surface area contributed by atoms with E-state index in [9.17, 15) is 22.7 Å². The smallest absolute Gasteiger partial charge is 0.277 e. The third-order valence-corrected chi connectivity index (χ3v) is 8.57. The van der Waals surface area contributed by atoms with Crippen LogP contribution in [0.25, 0.3) is 11.1 Å². The summed E-state index contributed by atoms with van der Waals surface area (Å²) in [6.45, 7) is 5.71. The van der Waals surface area contributed by atoms with Crippen LogP contribution in [0.1, 0.15) is 43.3 Å². The van der Waals surface area contributed by atoms with Crippen molar-refractivity contribution in [1.82, 2.24) is 14.5 Å². The maximum atomic E-state index is 14.0. The van der Waals surface area contributed by atoms with Gasteiger partial charge in [-0.05, 0) is 54.2 Å². The van der Waals surface area contributed by atoms with Crippen LogP contribution in [0.4, 0.5) is 4.39 Å². The van der Waals surface area contributed by atoms with Crippen molar-refractivity contribution in [2.75, 3.05) is 13.7 Å². The molecule has 0 aliphatic heterocycles. The summed E-state index contributed by atoms with van der Waals surface area (Å²) in [4.78, 5) is 20.9. The Balaban J connectivity index is 1.87. The molecule has 0 aliphatic carbocycles. The van der Waals surface area contributed by atoms with Gasteiger partial charge in [0, 0.05) is 25.3 Å². The van der Waals surface area contributed by atoms with Crippen LogP contribution < -0.4 is 5.56 Å². The summed E-state index contributed by atoms with van der Waals surface area (Å²) in [5.74, 6) is -0.913. The van der Waals surface area contributed by atoms with Gasteiger partial charge in [0.05, 0.1) is 17.5 Å². The molecule has 10 heteroatoms. The van der Waals surface area contributed by atoms with Gasteiger partial charge in [-0.15, -0.1) is 0 Å². The number of aromatic nitrogens is 3. The van der Waals surface area contributed by atoms with Crippen molar-refractivity contribution in [1.29, 1.82) is 0 Å². The molecule has 8 nitrogen and oxygen atoms in total. The highest BCUT2D eigenvalue weighted by Crippen LogP contribution is 2.30. The first-order chi connectivity index (χ1) is 19.1. The van der Waals surface area contributed by atoms with Crippen LogP contribution in [0.15, 0.2) is 81.4 Å². The third-order valence-electron chi connectivity index (χ3n) is 6.78. The van der Waals surface area contributed by atoms with E-state index in [4.69, 9.17) is 4.74 Å². The van der Waals surface area contributed by atoms with Gasteiger partial charge >= 0.3 is 0 Å². The van der Waals surface area contributed by atoms with Gasteiger partial charge in [0.1, 0.15) is 5.82 Å². The lowest BCUT2D eigenvalue weighted by Gasteiger charge is -2.24. The number of hydrogen-bond acceptors (Lipinski definition) is 7. The topological polar surface area (TPSA) is 111 Å². The average Bonchev–Trinajstić information content (AvgIpc) is 2.93. The molecule has 210 valence electrons. The standard InChI is InChI=1S/C30H32FN3O5S/c1-19(2)10-15-26-33-29(35)27(30(36)34(26)25(18-39-4)22-8-6-5-7-9-22)40(37,38)23-13-11-21(12-14-23)24-16-17-32-28(31)20(24)3/h5-9,11-14,16-17,19,25,35H,10,15,18H2,1-4H3. The van der Waals surface area contributed by atoms with Gasteiger partial charge in [0.25, 0.3) is 5.56 Å².